The number of nitrogens with zero attached hydrogens (tertiary/aromatic N) is 1. The van der Waals surface area contributed by atoms with E-state index in [9.17, 15) is 9.59 Å². The Kier molecular flexibility index (Phi) is 5.11. The maximum atomic E-state index is 12.9. The van der Waals surface area contributed by atoms with Crippen LogP contribution in [0.25, 0.3) is 0 Å². The molecule has 0 aromatic heterocycles. The van der Waals surface area contributed by atoms with Crippen molar-refractivity contribution in [3.8, 4) is 0 Å². The Morgan fingerprint density at radius 3 is 2.38 bits per heavy atom. The van der Waals surface area contributed by atoms with E-state index in [-0.39, 0.29) is 17.7 Å². The summed E-state index contributed by atoms with van der Waals surface area (Å²) < 4.78 is 0.914. The minimum Gasteiger partial charge on any atom is -0.337 e. The Balaban J connectivity index is 1.91. The fourth-order valence-corrected chi connectivity index (χ4v) is 3.21. The molecule has 0 spiro atoms. The number of carbonyl (C=O) groups is 2. The fraction of sp³-hybridized carbons (Fsp3) is 0.263. The Morgan fingerprint density at radius 2 is 1.75 bits per heavy atom. The van der Waals surface area contributed by atoms with Gasteiger partial charge in [0.15, 0.2) is 5.78 Å². The molecule has 124 valence electrons. The molecule has 0 unspecified atom stereocenters. The van der Waals surface area contributed by atoms with E-state index in [1.165, 1.54) is 0 Å². The van der Waals surface area contributed by atoms with Crippen LogP contribution in [0.3, 0.4) is 0 Å². The molecule has 1 heterocycles. The van der Waals surface area contributed by atoms with Gasteiger partial charge in [-0.15, -0.1) is 0 Å². The van der Waals surface area contributed by atoms with Gasteiger partial charge in [0.2, 0.25) is 0 Å². The first-order valence-corrected chi connectivity index (χ1v) is 8.74. The molecule has 1 aliphatic rings. The zero-order valence-electron chi connectivity index (χ0n) is 13.5. The van der Waals surface area contributed by atoms with Gasteiger partial charge in [0.25, 0.3) is 5.91 Å². The maximum absolute atomic E-state index is 12.9. The zero-order valence-corrected chi connectivity index (χ0v) is 15.0. The summed E-state index contributed by atoms with van der Waals surface area (Å²) in [5, 5.41) is 3.26. The number of carbonyl (C=O) groups excluding carboxylic acids is 2. The lowest BCUT2D eigenvalue weighted by atomic mass is 9.97. The van der Waals surface area contributed by atoms with Gasteiger partial charge in [0, 0.05) is 35.2 Å². The van der Waals surface area contributed by atoms with E-state index < -0.39 is 0 Å². The zero-order chi connectivity index (χ0) is 17.1. The Bertz CT molecular complexity index is 752. The number of halogens is 1. The lowest BCUT2D eigenvalue weighted by Gasteiger charge is -2.24. The van der Waals surface area contributed by atoms with Crippen molar-refractivity contribution in [2.75, 3.05) is 20.1 Å². The SMILES string of the molecule is CN(C(=O)c1ccccc1C(=O)c1ccc(Br)cc1)[C@H]1CCNC1. The predicted molar refractivity (Wildman–Crippen MR) is 97.4 cm³/mol. The summed E-state index contributed by atoms with van der Waals surface area (Å²) in [5.74, 6) is -0.242. The molecule has 1 aliphatic heterocycles. The second-order valence-corrected chi connectivity index (χ2v) is 6.86. The third kappa shape index (κ3) is 3.42. The highest BCUT2D eigenvalue weighted by molar-refractivity contribution is 9.10. The lowest BCUT2D eigenvalue weighted by Crippen LogP contribution is -2.39. The Labute approximate surface area is 150 Å². The molecule has 5 heteroatoms. The molecule has 1 atom stereocenters. The van der Waals surface area contributed by atoms with Gasteiger partial charge >= 0.3 is 0 Å². The van der Waals surface area contributed by atoms with Gasteiger partial charge in [-0.1, -0.05) is 34.1 Å². The average Bonchev–Trinajstić information content (AvgIpc) is 3.15. The highest BCUT2D eigenvalue weighted by atomic mass is 79.9. The van der Waals surface area contributed by atoms with Crippen LogP contribution in [-0.2, 0) is 0 Å². The van der Waals surface area contributed by atoms with Crippen LogP contribution in [0.4, 0.5) is 0 Å². The molecule has 0 aliphatic carbocycles. The van der Waals surface area contributed by atoms with Crippen molar-refractivity contribution in [2.45, 2.75) is 12.5 Å². The molecule has 1 amide bonds. The largest absolute Gasteiger partial charge is 0.337 e. The van der Waals surface area contributed by atoms with E-state index in [1.54, 1.807) is 48.3 Å². The summed E-state index contributed by atoms with van der Waals surface area (Å²) in [5.41, 5.74) is 1.48. The molecule has 0 radical (unpaired) electrons. The van der Waals surface area contributed by atoms with Gasteiger partial charge in [-0.25, -0.2) is 0 Å². The van der Waals surface area contributed by atoms with Crippen LogP contribution in [0, 0.1) is 0 Å². The predicted octanol–water partition coefficient (Wildman–Crippen LogP) is 3.11. The van der Waals surface area contributed by atoms with Crippen LogP contribution < -0.4 is 5.32 Å². The molecule has 1 fully saturated rings. The summed E-state index contributed by atoms with van der Waals surface area (Å²) in [6.07, 6.45) is 0.936. The molecule has 2 aromatic carbocycles. The molecular formula is C19H19BrN2O2. The minimum atomic E-state index is -0.135. The molecule has 24 heavy (non-hydrogen) atoms. The van der Waals surface area contributed by atoms with Crippen molar-refractivity contribution in [1.29, 1.82) is 0 Å². The van der Waals surface area contributed by atoms with Crippen LogP contribution in [0.15, 0.2) is 53.0 Å². The Morgan fingerprint density at radius 1 is 1.08 bits per heavy atom. The number of amides is 1. The maximum Gasteiger partial charge on any atom is 0.254 e. The second-order valence-electron chi connectivity index (χ2n) is 5.94. The molecule has 0 saturated carbocycles. The van der Waals surface area contributed by atoms with Crippen molar-refractivity contribution in [3.05, 3.63) is 69.7 Å². The number of nitrogens with one attached hydrogen (secondary N) is 1. The molecule has 3 rings (SSSR count). The van der Waals surface area contributed by atoms with Gasteiger partial charge in [0.05, 0.1) is 5.56 Å². The third-order valence-electron chi connectivity index (χ3n) is 4.41. The summed E-state index contributed by atoms with van der Waals surface area (Å²) in [6.45, 7) is 1.72. The highest BCUT2D eigenvalue weighted by Gasteiger charge is 2.26. The summed E-state index contributed by atoms with van der Waals surface area (Å²) in [4.78, 5) is 27.5. The fourth-order valence-electron chi connectivity index (χ4n) is 2.95. The molecule has 1 saturated heterocycles. The molecule has 1 N–H and O–H groups in total. The van der Waals surface area contributed by atoms with E-state index in [1.807, 2.05) is 12.1 Å². The summed E-state index contributed by atoms with van der Waals surface area (Å²) >= 11 is 3.37. The second kappa shape index (κ2) is 7.28. The van der Waals surface area contributed by atoms with E-state index in [0.717, 1.165) is 24.0 Å². The first-order chi connectivity index (χ1) is 11.6. The monoisotopic (exact) mass is 386 g/mol. The number of benzene rings is 2. The van der Waals surface area contributed by atoms with Gasteiger partial charge < -0.3 is 10.2 Å². The summed E-state index contributed by atoms with van der Waals surface area (Å²) in [7, 11) is 1.81. The molecule has 0 bridgehead atoms. The van der Waals surface area contributed by atoms with E-state index >= 15 is 0 Å². The van der Waals surface area contributed by atoms with Crippen molar-refractivity contribution in [2.24, 2.45) is 0 Å². The number of hydrogen-bond acceptors (Lipinski definition) is 3. The number of likely N-dealkylation sites (N-methyl/N-ethyl adjacent to an activating group) is 1. The first-order valence-electron chi connectivity index (χ1n) is 7.95. The first kappa shape index (κ1) is 16.9. The van der Waals surface area contributed by atoms with Gasteiger partial charge in [0.1, 0.15) is 0 Å². The molecule has 4 nitrogen and oxygen atoms in total. The van der Waals surface area contributed by atoms with Crippen molar-refractivity contribution >= 4 is 27.6 Å². The standard InChI is InChI=1S/C19H19BrN2O2/c1-22(15-10-11-21-12-15)19(24)17-5-3-2-4-16(17)18(23)13-6-8-14(20)9-7-13/h2-9,15,21H,10-12H2,1H3/t15-/m0/s1. The van der Waals surface area contributed by atoms with Crippen LogP contribution in [0.2, 0.25) is 0 Å². The quantitative estimate of drug-likeness (QED) is 0.821. The summed E-state index contributed by atoms with van der Waals surface area (Å²) in [6, 6.07) is 14.4. The average molecular weight is 387 g/mol. The van der Waals surface area contributed by atoms with Crippen LogP contribution >= 0.6 is 15.9 Å². The van der Waals surface area contributed by atoms with Gasteiger partial charge in [-0.2, -0.15) is 0 Å². The van der Waals surface area contributed by atoms with E-state index in [2.05, 4.69) is 21.2 Å². The van der Waals surface area contributed by atoms with Crippen LogP contribution in [-0.4, -0.2) is 42.8 Å². The minimum absolute atomic E-state index is 0.107. The van der Waals surface area contributed by atoms with E-state index in [4.69, 9.17) is 0 Å². The van der Waals surface area contributed by atoms with Gasteiger partial charge in [-0.3, -0.25) is 9.59 Å². The number of rotatable bonds is 4. The van der Waals surface area contributed by atoms with Crippen molar-refractivity contribution in [3.63, 3.8) is 0 Å². The topological polar surface area (TPSA) is 49.4 Å². The molecular weight excluding hydrogens is 368 g/mol. The van der Waals surface area contributed by atoms with Crippen molar-refractivity contribution < 1.29 is 9.59 Å². The number of ketones is 1. The Hall–Kier alpha value is -1.98. The van der Waals surface area contributed by atoms with Crippen LogP contribution in [0.1, 0.15) is 32.7 Å². The highest BCUT2D eigenvalue weighted by Crippen LogP contribution is 2.20. The third-order valence-corrected chi connectivity index (χ3v) is 4.94. The van der Waals surface area contributed by atoms with Gasteiger partial charge in [-0.05, 0) is 43.3 Å². The number of hydrogen-bond donors (Lipinski definition) is 1. The lowest BCUT2D eigenvalue weighted by molar-refractivity contribution is 0.0739. The normalized spacial score (nSPS) is 16.8. The molecule has 2 aromatic rings. The van der Waals surface area contributed by atoms with Crippen LogP contribution in [0.5, 0.6) is 0 Å². The smallest absolute Gasteiger partial charge is 0.254 e. The van der Waals surface area contributed by atoms with E-state index in [0.29, 0.717) is 16.7 Å². The van der Waals surface area contributed by atoms with Crippen molar-refractivity contribution in [1.82, 2.24) is 10.2 Å².